The summed E-state index contributed by atoms with van der Waals surface area (Å²) in [5, 5.41) is 3.59. The Bertz CT molecular complexity index is 757. The topological polar surface area (TPSA) is 96.6 Å². The van der Waals surface area contributed by atoms with Crippen LogP contribution in [0.1, 0.15) is 70.5 Å². The molecule has 1 amide bonds. The van der Waals surface area contributed by atoms with Crippen molar-refractivity contribution in [2.75, 3.05) is 19.6 Å². The molecular weight excluding hydrogens is 368 g/mol. The van der Waals surface area contributed by atoms with Crippen molar-refractivity contribution in [3.63, 3.8) is 0 Å². The van der Waals surface area contributed by atoms with E-state index in [2.05, 4.69) is 10.1 Å². The van der Waals surface area contributed by atoms with Gasteiger partial charge in [0.1, 0.15) is 0 Å². The summed E-state index contributed by atoms with van der Waals surface area (Å²) in [6.07, 6.45) is 5.49. The van der Waals surface area contributed by atoms with Gasteiger partial charge in [-0.15, -0.1) is 0 Å². The summed E-state index contributed by atoms with van der Waals surface area (Å²) in [7, 11) is -3.31. The quantitative estimate of drug-likeness (QED) is 0.696. The van der Waals surface area contributed by atoms with Gasteiger partial charge in [-0.05, 0) is 39.5 Å². The zero-order valence-corrected chi connectivity index (χ0v) is 17.2. The van der Waals surface area contributed by atoms with Gasteiger partial charge in [0.25, 0.3) is 0 Å². The maximum absolute atomic E-state index is 12.5. The van der Waals surface area contributed by atoms with Crippen molar-refractivity contribution < 1.29 is 17.7 Å². The van der Waals surface area contributed by atoms with E-state index in [1.165, 1.54) is 17.6 Å². The first-order chi connectivity index (χ1) is 12.8. The van der Waals surface area contributed by atoms with Crippen LogP contribution in [-0.4, -0.2) is 64.6 Å². The van der Waals surface area contributed by atoms with E-state index in [1.54, 1.807) is 18.7 Å². The Hall–Kier alpha value is -1.48. The minimum atomic E-state index is -3.31. The lowest BCUT2D eigenvalue weighted by molar-refractivity contribution is -0.131. The van der Waals surface area contributed by atoms with Gasteiger partial charge >= 0.3 is 0 Å². The van der Waals surface area contributed by atoms with E-state index in [0.29, 0.717) is 43.7 Å². The summed E-state index contributed by atoms with van der Waals surface area (Å²) in [6, 6.07) is -0.109. The van der Waals surface area contributed by atoms with Crippen molar-refractivity contribution in [3.8, 4) is 0 Å². The highest BCUT2D eigenvalue weighted by atomic mass is 32.2. The van der Waals surface area contributed by atoms with Crippen molar-refractivity contribution in [2.45, 2.75) is 76.5 Å². The second kappa shape index (κ2) is 8.26. The average molecular weight is 399 g/mol. The largest absolute Gasteiger partial charge is 0.339 e. The molecule has 1 atom stereocenters. The fourth-order valence-electron chi connectivity index (χ4n) is 3.71. The molecule has 2 aliphatic rings. The summed E-state index contributed by atoms with van der Waals surface area (Å²) in [6.45, 7) is 6.28. The van der Waals surface area contributed by atoms with Crippen LogP contribution in [0.5, 0.6) is 0 Å². The Morgan fingerprint density at radius 1 is 1.30 bits per heavy atom. The van der Waals surface area contributed by atoms with Crippen LogP contribution in [0.4, 0.5) is 0 Å². The molecule has 1 aliphatic heterocycles. The smallest absolute Gasteiger partial charge is 0.229 e. The first-order valence-electron chi connectivity index (χ1n) is 9.87. The van der Waals surface area contributed by atoms with Gasteiger partial charge in [-0.2, -0.15) is 9.29 Å². The van der Waals surface area contributed by atoms with E-state index < -0.39 is 15.3 Å². The molecule has 2 heterocycles. The molecule has 152 valence electrons. The van der Waals surface area contributed by atoms with Gasteiger partial charge in [0, 0.05) is 44.9 Å². The second-order valence-electron chi connectivity index (χ2n) is 7.89. The molecular formula is C18H30N4O4S. The first-order valence-corrected chi connectivity index (χ1v) is 11.4. The lowest BCUT2D eigenvalue weighted by Gasteiger charge is -2.39. The standard InChI is InChI=1S/C18H30N4O4S/c1-13(2)27(24,25)21-10-5-8-16(12-21)22(14(3)23)11-9-17-19-18(26-20-17)15-6-4-7-15/h13,15-16H,4-12H2,1-3H3. The third-order valence-corrected chi connectivity index (χ3v) is 7.92. The number of aromatic nitrogens is 2. The van der Waals surface area contributed by atoms with Crippen LogP contribution in [0.25, 0.3) is 0 Å². The lowest BCUT2D eigenvalue weighted by Crippen LogP contribution is -2.52. The van der Waals surface area contributed by atoms with Crippen molar-refractivity contribution in [3.05, 3.63) is 11.7 Å². The SMILES string of the molecule is CC(=O)N(CCc1noc(C2CCC2)n1)C1CCCN(S(=O)(=O)C(C)C)C1. The van der Waals surface area contributed by atoms with Gasteiger partial charge in [0.2, 0.25) is 21.8 Å². The number of carbonyl (C=O) groups excluding carboxylic acids is 1. The highest BCUT2D eigenvalue weighted by molar-refractivity contribution is 7.89. The van der Waals surface area contributed by atoms with Crippen LogP contribution < -0.4 is 0 Å². The molecule has 0 aromatic carbocycles. The van der Waals surface area contributed by atoms with Crippen molar-refractivity contribution >= 4 is 15.9 Å². The van der Waals surface area contributed by atoms with E-state index in [4.69, 9.17) is 4.52 Å². The number of piperidine rings is 1. The Labute approximate surface area is 161 Å². The molecule has 1 aliphatic carbocycles. The van der Waals surface area contributed by atoms with Crippen molar-refractivity contribution in [1.82, 2.24) is 19.3 Å². The van der Waals surface area contributed by atoms with Gasteiger partial charge in [-0.25, -0.2) is 8.42 Å². The van der Waals surface area contributed by atoms with E-state index in [9.17, 15) is 13.2 Å². The van der Waals surface area contributed by atoms with Crippen LogP contribution in [0.2, 0.25) is 0 Å². The van der Waals surface area contributed by atoms with Gasteiger partial charge in [0.15, 0.2) is 5.82 Å². The Balaban J connectivity index is 1.62. The lowest BCUT2D eigenvalue weighted by atomic mass is 9.85. The second-order valence-corrected chi connectivity index (χ2v) is 10.4. The molecule has 0 bridgehead atoms. The molecule has 9 heteroatoms. The number of hydrogen-bond acceptors (Lipinski definition) is 6. The molecule has 1 unspecified atom stereocenters. The number of nitrogens with zero attached hydrogens (tertiary/aromatic N) is 4. The highest BCUT2D eigenvalue weighted by Gasteiger charge is 2.34. The molecule has 0 N–H and O–H groups in total. The summed E-state index contributed by atoms with van der Waals surface area (Å²) < 4.78 is 31.9. The number of rotatable bonds is 7. The third kappa shape index (κ3) is 4.51. The average Bonchev–Trinajstić information content (AvgIpc) is 3.01. The van der Waals surface area contributed by atoms with Crippen LogP contribution in [0, 0.1) is 0 Å². The van der Waals surface area contributed by atoms with Crippen LogP contribution >= 0.6 is 0 Å². The Morgan fingerprint density at radius 3 is 2.63 bits per heavy atom. The summed E-state index contributed by atoms with van der Waals surface area (Å²) >= 11 is 0. The summed E-state index contributed by atoms with van der Waals surface area (Å²) in [5.41, 5.74) is 0. The predicted octanol–water partition coefficient (Wildman–Crippen LogP) is 1.93. The van der Waals surface area contributed by atoms with Crippen LogP contribution in [0.15, 0.2) is 4.52 Å². The molecule has 1 saturated carbocycles. The van der Waals surface area contributed by atoms with Gasteiger partial charge in [-0.3, -0.25) is 4.79 Å². The third-order valence-electron chi connectivity index (χ3n) is 5.67. The maximum atomic E-state index is 12.5. The van der Waals surface area contributed by atoms with Crippen LogP contribution in [-0.2, 0) is 21.2 Å². The molecule has 2 fully saturated rings. The number of carbonyl (C=O) groups is 1. The van der Waals surface area contributed by atoms with E-state index in [1.807, 2.05) is 0 Å². The van der Waals surface area contributed by atoms with E-state index in [0.717, 1.165) is 25.7 Å². The predicted molar refractivity (Wildman–Crippen MR) is 101 cm³/mol. The monoisotopic (exact) mass is 398 g/mol. The van der Waals surface area contributed by atoms with Gasteiger partial charge in [0.05, 0.1) is 5.25 Å². The zero-order valence-electron chi connectivity index (χ0n) is 16.4. The van der Waals surface area contributed by atoms with Crippen molar-refractivity contribution in [1.29, 1.82) is 0 Å². The molecule has 8 nitrogen and oxygen atoms in total. The van der Waals surface area contributed by atoms with Gasteiger partial charge < -0.3 is 9.42 Å². The molecule has 27 heavy (non-hydrogen) atoms. The fourth-order valence-corrected chi connectivity index (χ4v) is 5.07. The normalized spacial score (nSPS) is 22.0. The minimum Gasteiger partial charge on any atom is -0.339 e. The number of hydrogen-bond donors (Lipinski definition) is 0. The first kappa shape index (κ1) is 20.3. The van der Waals surface area contributed by atoms with Crippen molar-refractivity contribution in [2.24, 2.45) is 0 Å². The molecule has 0 radical (unpaired) electrons. The van der Waals surface area contributed by atoms with E-state index >= 15 is 0 Å². The molecule has 1 saturated heterocycles. The van der Waals surface area contributed by atoms with Gasteiger partial charge in [-0.1, -0.05) is 11.6 Å². The van der Waals surface area contributed by atoms with E-state index in [-0.39, 0.29) is 11.9 Å². The highest BCUT2D eigenvalue weighted by Crippen LogP contribution is 2.35. The fraction of sp³-hybridized carbons (Fsp3) is 0.833. The molecule has 3 rings (SSSR count). The Kier molecular flexibility index (Phi) is 6.20. The molecule has 1 aromatic heterocycles. The summed E-state index contributed by atoms with van der Waals surface area (Å²) in [5.74, 6) is 1.66. The maximum Gasteiger partial charge on any atom is 0.229 e. The van der Waals surface area contributed by atoms with Crippen LogP contribution in [0.3, 0.4) is 0 Å². The molecule has 1 aromatic rings. The Morgan fingerprint density at radius 2 is 2.04 bits per heavy atom. The summed E-state index contributed by atoms with van der Waals surface area (Å²) in [4.78, 5) is 18.4. The minimum absolute atomic E-state index is 0.0495. The number of amides is 1. The zero-order chi connectivity index (χ0) is 19.6. The molecule has 0 spiro atoms. The number of sulfonamides is 1.